The van der Waals surface area contributed by atoms with Crippen LogP contribution in [0.2, 0.25) is 0 Å². The molecule has 1 unspecified atom stereocenters. The minimum atomic E-state index is -0.426. The van der Waals surface area contributed by atoms with E-state index in [0.29, 0.717) is 23.9 Å². The number of aromatic nitrogens is 2. The van der Waals surface area contributed by atoms with Gasteiger partial charge < -0.3 is 10.6 Å². The van der Waals surface area contributed by atoms with Crippen molar-refractivity contribution < 1.29 is 9.59 Å². The molecule has 3 N–H and O–H groups in total. The number of rotatable bonds is 2. The fourth-order valence-corrected chi connectivity index (χ4v) is 2.25. The molecule has 7 nitrogen and oxygen atoms in total. The van der Waals surface area contributed by atoms with Gasteiger partial charge in [0.25, 0.3) is 0 Å². The van der Waals surface area contributed by atoms with Crippen LogP contribution in [-0.4, -0.2) is 34.4 Å². The number of hydrogen-bond acceptors (Lipinski definition) is 6. The van der Waals surface area contributed by atoms with Gasteiger partial charge in [0, 0.05) is 11.5 Å². The van der Waals surface area contributed by atoms with Gasteiger partial charge >= 0.3 is 0 Å². The Morgan fingerprint density at radius 1 is 1.38 bits per heavy atom. The van der Waals surface area contributed by atoms with Crippen LogP contribution < -0.4 is 16.0 Å². The topological polar surface area (TPSA) is 101 Å². The van der Waals surface area contributed by atoms with Gasteiger partial charge in [-0.05, 0) is 6.42 Å². The van der Waals surface area contributed by atoms with E-state index in [1.165, 1.54) is 0 Å². The number of carbonyl (C=O) groups is 2. The zero-order valence-corrected chi connectivity index (χ0v) is 12.8. The lowest BCUT2D eigenvalue weighted by atomic mass is 9.95. The smallest absolute Gasteiger partial charge is 0.249 e. The number of amides is 2. The molecule has 2 heterocycles. The summed E-state index contributed by atoms with van der Waals surface area (Å²) in [7, 11) is 0. The summed E-state index contributed by atoms with van der Waals surface area (Å²) >= 11 is 0. The van der Waals surface area contributed by atoms with Gasteiger partial charge in [0.2, 0.25) is 11.8 Å². The summed E-state index contributed by atoms with van der Waals surface area (Å²) in [6, 6.07) is 1.17. The molecule has 1 fully saturated rings. The lowest BCUT2D eigenvalue weighted by Gasteiger charge is -2.34. The Morgan fingerprint density at radius 3 is 2.62 bits per heavy atom. The van der Waals surface area contributed by atoms with Gasteiger partial charge in [0.1, 0.15) is 23.5 Å². The lowest BCUT2D eigenvalue weighted by molar-refractivity contribution is -0.132. The van der Waals surface area contributed by atoms with Crippen molar-refractivity contribution in [1.82, 2.24) is 15.3 Å². The van der Waals surface area contributed by atoms with Crippen molar-refractivity contribution in [2.75, 3.05) is 17.2 Å². The van der Waals surface area contributed by atoms with E-state index >= 15 is 0 Å². The van der Waals surface area contributed by atoms with E-state index in [2.05, 4.69) is 15.3 Å². The number of nitrogens with one attached hydrogen (secondary N) is 1. The largest absolute Gasteiger partial charge is 0.384 e. The lowest BCUT2D eigenvalue weighted by Crippen LogP contribution is -2.58. The minimum Gasteiger partial charge on any atom is -0.384 e. The number of nitrogens with two attached hydrogens (primary N) is 1. The van der Waals surface area contributed by atoms with Crippen molar-refractivity contribution in [3.63, 3.8) is 0 Å². The Bertz CT molecular complexity index is 579. The number of anilines is 2. The number of nitrogens with zero attached hydrogens (tertiary/aromatic N) is 3. The van der Waals surface area contributed by atoms with Crippen LogP contribution in [0.3, 0.4) is 0 Å². The first-order chi connectivity index (χ1) is 9.72. The average Bonchev–Trinajstić information content (AvgIpc) is 2.36. The highest BCUT2D eigenvalue weighted by molar-refractivity contribution is 6.04. The van der Waals surface area contributed by atoms with E-state index in [0.717, 1.165) is 0 Å². The van der Waals surface area contributed by atoms with E-state index in [4.69, 9.17) is 5.73 Å². The molecule has 7 heteroatoms. The van der Waals surface area contributed by atoms with Crippen LogP contribution in [-0.2, 0) is 15.0 Å². The van der Waals surface area contributed by atoms with Crippen molar-refractivity contribution >= 4 is 23.5 Å². The average molecular weight is 291 g/mol. The second-order valence-corrected chi connectivity index (χ2v) is 6.19. The number of imide groups is 1. The molecule has 0 radical (unpaired) electrons. The quantitative estimate of drug-likeness (QED) is 0.774. The van der Waals surface area contributed by atoms with Crippen LogP contribution in [0.5, 0.6) is 0 Å². The monoisotopic (exact) mass is 291 g/mol. The van der Waals surface area contributed by atoms with Crippen LogP contribution >= 0.6 is 0 Å². The van der Waals surface area contributed by atoms with Crippen LogP contribution in [0, 0.1) is 0 Å². The summed E-state index contributed by atoms with van der Waals surface area (Å²) in [6.07, 6.45) is 0.577. The van der Waals surface area contributed by atoms with E-state index in [9.17, 15) is 9.59 Å². The Morgan fingerprint density at radius 2 is 2.05 bits per heavy atom. The van der Waals surface area contributed by atoms with Crippen LogP contribution in [0.4, 0.5) is 11.6 Å². The maximum atomic E-state index is 11.9. The molecule has 0 saturated carbocycles. The zero-order valence-electron chi connectivity index (χ0n) is 12.8. The third kappa shape index (κ3) is 3.12. The second kappa shape index (κ2) is 5.31. The van der Waals surface area contributed by atoms with Gasteiger partial charge in [0.15, 0.2) is 0 Å². The van der Waals surface area contributed by atoms with Gasteiger partial charge in [-0.1, -0.05) is 27.7 Å². The molecular weight excluding hydrogens is 270 g/mol. The first-order valence-electron chi connectivity index (χ1n) is 6.97. The minimum absolute atomic E-state index is 0.0876. The van der Waals surface area contributed by atoms with E-state index in [-0.39, 0.29) is 23.8 Å². The summed E-state index contributed by atoms with van der Waals surface area (Å²) in [5.41, 5.74) is 5.59. The summed E-state index contributed by atoms with van der Waals surface area (Å²) in [6.45, 7) is 7.93. The molecule has 114 valence electrons. The molecule has 1 atom stereocenters. The second-order valence-electron chi connectivity index (χ2n) is 6.19. The number of carbonyl (C=O) groups excluding carboxylic acids is 2. The standard InChI is InChI=1S/C14H21N5O2/c1-5-8-12(21)18-11(20)7-19(8)10-6-9(15)16-13(17-10)14(2,3)4/h6,8H,5,7H2,1-4H3,(H2,15,16,17)(H,18,20,21). The summed E-state index contributed by atoms with van der Waals surface area (Å²) in [5.74, 6) is 0.800. The molecule has 1 aliphatic heterocycles. The van der Waals surface area contributed by atoms with Gasteiger partial charge in [-0.3, -0.25) is 14.9 Å². The predicted molar refractivity (Wildman–Crippen MR) is 79.7 cm³/mol. The normalized spacial score (nSPS) is 19.6. The first kappa shape index (κ1) is 15.2. The molecule has 2 rings (SSSR count). The van der Waals surface area contributed by atoms with Crippen molar-refractivity contribution in [3.05, 3.63) is 11.9 Å². The fraction of sp³-hybridized carbons (Fsp3) is 0.571. The summed E-state index contributed by atoms with van der Waals surface area (Å²) < 4.78 is 0. The highest BCUT2D eigenvalue weighted by Gasteiger charge is 2.34. The van der Waals surface area contributed by atoms with Crippen molar-refractivity contribution in [2.24, 2.45) is 0 Å². The summed E-state index contributed by atoms with van der Waals surface area (Å²) in [4.78, 5) is 34.0. The van der Waals surface area contributed by atoms with Crippen molar-refractivity contribution in [1.29, 1.82) is 0 Å². The van der Waals surface area contributed by atoms with Crippen molar-refractivity contribution in [2.45, 2.75) is 45.6 Å². The molecule has 21 heavy (non-hydrogen) atoms. The van der Waals surface area contributed by atoms with Gasteiger partial charge in [-0.25, -0.2) is 9.97 Å². The van der Waals surface area contributed by atoms with Crippen LogP contribution in [0.25, 0.3) is 0 Å². The Labute approximate surface area is 123 Å². The molecule has 1 aliphatic rings. The summed E-state index contributed by atoms with van der Waals surface area (Å²) in [5, 5.41) is 2.35. The third-order valence-corrected chi connectivity index (χ3v) is 3.34. The number of nitrogen functional groups attached to an aromatic ring is 1. The maximum absolute atomic E-state index is 11.9. The Hall–Kier alpha value is -2.18. The predicted octanol–water partition coefficient (Wildman–Crippen LogP) is 0.598. The molecular formula is C14H21N5O2. The number of piperazine rings is 1. The van der Waals surface area contributed by atoms with E-state index in [1.54, 1.807) is 11.0 Å². The maximum Gasteiger partial charge on any atom is 0.249 e. The zero-order chi connectivity index (χ0) is 15.8. The molecule has 0 aromatic carbocycles. The first-order valence-corrected chi connectivity index (χ1v) is 6.97. The van der Waals surface area contributed by atoms with E-state index < -0.39 is 6.04 Å². The molecule has 2 amide bonds. The Kier molecular flexibility index (Phi) is 3.85. The van der Waals surface area contributed by atoms with Crippen LogP contribution in [0.15, 0.2) is 6.07 Å². The molecule has 1 aromatic rings. The highest BCUT2D eigenvalue weighted by atomic mass is 16.2. The van der Waals surface area contributed by atoms with E-state index in [1.807, 2.05) is 27.7 Å². The fourth-order valence-electron chi connectivity index (χ4n) is 2.25. The SMILES string of the molecule is CCC1C(=O)NC(=O)CN1c1cc(N)nc(C(C)(C)C)n1. The molecule has 1 aromatic heterocycles. The van der Waals surface area contributed by atoms with Crippen molar-refractivity contribution in [3.8, 4) is 0 Å². The van der Waals surface area contributed by atoms with Gasteiger partial charge in [0.05, 0.1) is 6.54 Å². The molecule has 1 saturated heterocycles. The molecule has 0 spiro atoms. The van der Waals surface area contributed by atoms with Crippen LogP contribution in [0.1, 0.15) is 39.9 Å². The molecule has 0 aliphatic carbocycles. The number of hydrogen-bond donors (Lipinski definition) is 2. The highest BCUT2D eigenvalue weighted by Crippen LogP contribution is 2.25. The van der Waals surface area contributed by atoms with Gasteiger partial charge in [-0.15, -0.1) is 0 Å². The Balaban J connectivity index is 2.46. The van der Waals surface area contributed by atoms with Gasteiger partial charge in [-0.2, -0.15) is 0 Å². The third-order valence-electron chi connectivity index (χ3n) is 3.34. The molecule has 0 bridgehead atoms.